The maximum atomic E-state index is 2.46. The van der Waals surface area contributed by atoms with E-state index in [0.29, 0.717) is 0 Å². The molecule has 154 valence electrons. The molecule has 0 amide bonds. The fourth-order valence-corrected chi connectivity index (χ4v) is 5.92. The van der Waals surface area contributed by atoms with E-state index in [0.717, 1.165) is 0 Å². The third kappa shape index (κ3) is 6.30. The summed E-state index contributed by atoms with van der Waals surface area (Å²) in [6.45, 7) is 0. The van der Waals surface area contributed by atoms with Gasteiger partial charge in [0.1, 0.15) is 0 Å². The molecule has 2 aromatic rings. The number of benzene rings is 2. The van der Waals surface area contributed by atoms with Crippen LogP contribution in [0.3, 0.4) is 0 Å². The Labute approximate surface area is 190 Å². The molecule has 2 aliphatic carbocycles. The van der Waals surface area contributed by atoms with E-state index in [1.807, 2.05) is 23.5 Å². The number of thioether (sulfide) groups is 2. The summed E-state index contributed by atoms with van der Waals surface area (Å²) < 4.78 is 0. The standard InChI is InChI=1S/C28H30S2/c1-5-13-23(14-6-1)27(29-25-17-9-3-10-18-25)21-22-28(24-15-7-2-8-16-24)30-26-19-11-4-12-20-26/h3-4,9-13,15,17-22H,1-2,5-8,14,16H2/b27-21-,28-22-. The molecule has 0 bridgehead atoms. The minimum Gasteiger partial charge on any atom is -0.0898 e. The highest BCUT2D eigenvalue weighted by atomic mass is 32.2. The summed E-state index contributed by atoms with van der Waals surface area (Å²) in [5.74, 6) is 0. The van der Waals surface area contributed by atoms with E-state index in [4.69, 9.17) is 0 Å². The van der Waals surface area contributed by atoms with E-state index in [-0.39, 0.29) is 0 Å². The van der Waals surface area contributed by atoms with Gasteiger partial charge in [-0.3, -0.25) is 0 Å². The van der Waals surface area contributed by atoms with Crippen molar-refractivity contribution in [3.8, 4) is 0 Å². The molecule has 0 saturated carbocycles. The van der Waals surface area contributed by atoms with E-state index in [2.05, 4.69) is 85.0 Å². The smallest absolute Gasteiger partial charge is 0.0151 e. The van der Waals surface area contributed by atoms with Crippen LogP contribution in [0.1, 0.15) is 51.4 Å². The quantitative estimate of drug-likeness (QED) is 0.317. The summed E-state index contributed by atoms with van der Waals surface area (Å²) in [7, 11) is 0. The average Bonchev–Trinajstić information content (AvgIpc) is 2.83. The fourth-order valence-electron chi connectivity index (χ4n) is 3.92. The molecule has 30 heavy (non-hydrogen) atoms. The lowest BCUT2D eigenvalue weighted by molar-refractivity contribution is 0.710. The lowest BCUT2D eigenvalue weighted by Gasteiger charge is -2.17. The maximum Gasteiger partial charge on any atom is 0.0151 e. The van der Waals surface area contributed by atoms with Crippen molar-refractivity contribution in [1.82, 2.24) is 0 Å². The molecule has 2 aliphatic rings. The van der Waals surface area contributed by atoms with Gasteiger partial charge >= 0.3 is 0 Å². The Balaban J connectivity index is 1.66. The van der Waals surface area contributed by atoms with Gasteiger partial charge in [-0.15, -0.1) is 0 Å². The van der Waals surface area contributed by atoms with Gasteiger partial charge in [0.25, 0.3) is 0 Å². The van der Waals surface area contributed by atoms with E-state index >= 15 is 0 Å². The van der Waals surface area contributed by atoms with Crippen LogP contribution in [0.15, 0.2) is 116 Å². The van der Waals surface area contributed by atoms with Gasteiger partial charge in [0.05, 0.1) is 0 Å². The van der Waals surface area contributed by atoms with Crippen molar-refractivity contribution in [2.75, 3.05) is 0 Å². The number of allylic oxidation sites excluding steroid dienone is 6. The summed E-state index contributed by atoms with van der Waals surface area (Å²) >= 11 is 3.82. The molecule has 0 unspecified atom stereocenters. The number of hydrogen-bond acceptors (Lipinski definition) is 2. The Morgan fingerprint density at radius 3 is 1.37 bits per heavy atom. The second-order valence-electron chi connectivity index (χ2n) is 7.84. The fraction of sp³-hybridized carbons (Fsp3) is 0.286. The predicted molar refractivity (Wildman–Crippen MR) is 134 cm³/mol. The van der Waals surface area contributed by atoms with Gasteiger partial charge in [-0.05, 0) is 98.9 Å². The topological polar surface area (TPSA) is 0 Å². The van der Waals surface area contributed by atoms with Gasteiger partial charge in [0, 0.05) is 19.6 Å². The van der Waals surface area contributed by atoms with Gasteiger partial charge in [-0.25, -0.2) is 0 Å². The molecule has 0 radical (unpaired) electrons. The molecular weight excluding hydrogens is 400 g/mol. The minimum atomic E-state index is 1.20. The zero-order valence-corrected chi connectivity index (χ0v) is 19.2. The lowest BCUT2D eigenvalue weighted by Crippen LogP contribution is -1.95. The first-order valence-corrected chi connectivity index (χ1v) is 12.8. The van der Waals surface area contributed by atoms with Crippen molar-refractivity contribution in [3.05, 3.63) is 106 Å². The predicted octanol–water partition coefficient (Wildman–Crippen LogP) is 9.34. The Morgan fingerprint density at radius 1 is 0.567 bits per heavy atom. The van der Waals surface area contributed by atoms with Crippen LogP contribution in [0.4, 0.5) is 0 Å². The molecule has 0 heterocycles. The van der Waals surface area contributed by atoms with Gasteiger partial charge in [-0.1, -0.05) is 72.1 Å². The van der Waals surface area contributed by atoms with Crippen LogP contribution in [-0.2, 0) is 0 Å². The van der Waals surface area contributed by atoms with Gasteiger partial charge < -0.3 is 0 Å². The summed E-state index contributed by atoms with van der Waals surface area (Å²) in [6, 6.07) is 21.6. The summed E-state index contributed by atoms with van der Waals surface area (Å²) in [4.78, 5) is 5.45. The van der Waals surface area contributed by atoms with Crippen LogP contribution in [0, 0.1) is 0 Å². The van der Waals surface area contributed by atoms with Crippen LogP contribution in [0.2, 0.25) is 0 Å². The third-order valence-electron chi connectivity index (χ3n) is 5.54. The van der Waals surface area contributed by atoms with Crippen LogP contribution in [-0.4, -0.2) is 0 Å². The number of rotatable bonds is 7. The summed E-state index contributed by atoms with van der Waals surface area (Å²) in [5, 5.41) is 0. The van der Waals surface area contributed by atoms with Gasteiger partial charge in [-0.2, -0.15) is 0 Å². The molecule has 2 heteroatoms. The monoisotopic (exact) mass is 430 g/mol. The van der Waals surface area contributed by atoms with Crippen molar-refractivity contribution in [2.45, 2.75) is 61.2 Å². The SMILES string of the molecule is C1=C(/C(=C/C=C(\Sc2ccccc2)C2=CCCCC2)Sc2ccccc2)CCCC1. The normalized spacial score (nSPS) is 18.0. The average molecular weight is 431 g/mol. The molecule has 0 atom stereocenters. The zero-order valence-electron chi connectivity index (χ0n) is 17.6. The van der Waals surface area contributed by atoms with E-state index in [1.54, 1.807) is 0 Å². The van der Waals surface area contributed by atoms with Crippen molar-refractivity contribution in [3.63, 3.8) is 0 Å². The van der Waals surface area contributed by atoms with Crippen LogP contribution in [0.5, 0.6) is 0 Å². The van der Waals surface area contributed by atoms with Crippen molar-refractivity contribution < 1.29 is 0 Å². The van der Waals surface area contributed by atoms with Crippen molar-refractivity contribution >= 4 is 23.5 Å². The molecule has 0 saturated heterocycles. The van der Waals surface area contributed by atoms with Crippen molar-refractivity contribution in [2.24, 2.45) is 0 Å². The molecule has 0 aliphatic heterocycles. The first kappa shape index (κ1) is 21.3. The highest BCUT2D eigenvalue weighted by Gasteiger charge is 2.13. The van der Waals surface area contributed by atoms with E-state index < -0.39 is 0 Å². The second-order valence-corrected chi connectivity index (χ2v) is 10.1. The Bertz CT molecular complexity index is 854. The molecule has 2 aromatic carbocycles. The highest BCUT2D eigenvalue weighted by molar-refractivity contribution is 8.03. The summed E-state index contributed by atoms with van der Waals surface area (Å²) in [5.41, 5.74) is 3.04. The molecule has 0 aromatic heterocycles. The zero-order chi connectivity index (χ0) is 20.4. The molecule has 4 rings (SSSR count). The third-order valence-corrected chi connectivity index (χ3v) is 7.80. The van der Waals surface area contributed by atoms with Crippen molar-refractivity contribution in [1.29, 1.82) is 0 Å². The van der Waals surface area contributed by atoms with E-state index in [1.165, 1.54) is 82.1 Å². The lowest BCUT2D eigenvalue weighted by atomic mass is 9.98. The van der Waals surface area contributed by atoms with Crippen LogP contribution in [0.25, 0.3) is 0 Å². The first-order valence-electron chi connectivity index (χ1n) is 11.1. The Kier molecular flexibility index (Phi) is 8.17. The molecule has 0 nitrogen and oxygen atoms in total. The second kappa shape index (κ2) is 11.5. The summed E-state index contributed by atoms with van der Waals surface area (Å²) in [6.07, 6.45) is 19.8. The molecule has 0 N–H and O–H groups in total. The highest BCUT2D eigenvalue weighted by Crippen LogP contribution is 2.39. The largest absolute Gasteiger partial charge is 0.0898 e. The maximum absolute atomic E-state index is 2.46. The molecular formula is C28H30S2. The van der Waals surface area contributed by atoms with Crippen LogP contribution < -0.4 is 0 Å². The minimum absolute atomic E-state index is 1.20. The van der Waals surface area contributed by atoms with Gasteiger partial charge in [0.2, 0.25) is 0 Å². The van der Waals surface area contributed by atoms with Gasteiger partial charge in [0.15, 0.2) is 0 Å². The van der Waals surface area contributed by atoms with Crippen LogP contribution >= 0.6 is 23.5 Å². The van der Waals surface area contributed by atoms with E-state index in [9.17, 15) is 0 Å². The number of hydrogen-bond donors (Lipinski definition) is 0. The molecule has 0 fully saturated rings. The Morgan fingerprint density at radius 2 is 1.00 bits per heavy atom. The molecule has 0 spiro atoms. The first-order chi connectivity index (χ1) is 14.9. The Hall–Kier alpha value is -1.90.